The molecule has 0 bridgehead atoms. The van der Waals surface area contributed by atoms with Crippen LogP contribution in [0.1, 0.15) is 65.2 Å². The number of nitrogens with zero attached hydrogens (tertiary/aromatic N) is 2. The molecule has 0 radical (unpaired) electrons. The van der Waals surface area contributed by atoms with Gasteiger partial charge in [0.15, 0.2) is 0 Å². The number of para-hydroxylation sites is 2. The molecule has 36 heavy (non-hydrogen) atoms. The van der Waals surface area contributed by atoms with E-state index in [2.05, 4.69) is 127 Å². The molecule has 0 aromatic heterocycles. The van der Waals surface area contributed by atoms with Crippen molar-refractivity contribution in [3.05, 3.63) is 131 Å². The molecule has 5 atom stereocenters. The lowest BCUT2D eigenvalue weighted by Gasteiger charge is -2.46. The summed E-state index contributed by atoms with van der Waals surface area (Å²) in [6.07, 6.45) is 3.68. The topological polar surface area (TPSA) is 6.48 Å². The summed E-state index contributed by atoms with van der Waals surface area (Å²) in [4.78, 5) is 5.56. The summed E-state index contributed by atoms with van der Waals surface area (Å²) in [5.41, 5.74) is 9.84. The molecule has 4 aromatic rings. The molecule has 3 aliphatic heterocycles. The predicted octanol–water partition coefficient (Wildman–Crippen LogP) is 8.34. The van der Waals surface area contributed by atoms with Crippen molar-refractivity contribution in [1.29, 1.82) is 0 Å². The lowest BCUT2D eigenvalue weighted by molar-refractivity contribution is 0.366. The summed E-state index contributed by atoms with van der Waals surface area (Å²) in [5, 5.41) is 0. The maximum absolute atomic E-state index is 2.81. The summed E-state index contributed by atoms with van der Waals surface area (Å²) in [6, 6.07) is 40.8. The van der Waals surface area contributed by atoms with Crippen LogP contribution in [0.3, 0.4) is 0 Å². The fourth-order valence-corrected chi connectivity index (χ4v) is 7.37. The van der Waals surface area contributed by atoms with Gasteiger partial charge in [-0.05, 0) is 68.0 Å². The highest BCUT2D eigenvalue weighted by Crippen LogP contribution is 2.60. The normalized spacial score (nSPS) is 26.4. The molecule has 3 heterocycles. The molecular formula is C34H34N2. The van der Waals surface area contributed by atoms with Crippen molar-refractivity contribution in [2.75, 3.05) is 9.80 Å². The van der Waals surface area contributed by atoms with Gasteiger partial charge in [-0.2, -0.15) is 0 Å². The quantitative estimate of drug-likeness (QED) is 0.297. The third-order valence-corrected chi connectivity index (χ3v) is 8.97. The van der Waals surface area contributed by atoms with Gasteiger partial charge in [-0.1, -0.05) is 96.1 Å². The van der Waals surface area contributed by atoms with Crippen LogP contribution < -0.4 is 9.80 Å². The Bertz CT molecular complexity index is 1360. The number of hydrogen-bond donors (Lipinski definition) is 0. The monoisotopic (exact) mass is 470 g/mol. The minimum atomic E-state index is 0.384. The lowest BCUT2D eigenvalue weighted by Crippen LogP contribution is -2.45. The molecule has 4 aromatic carbocycles. The Balaban J connectivity index is 1.37. The van der Waals surface area contributed by atoms with Crippen molar-refractivity contribution in [3.63, 3.8) is 0 Å². The van der Waals surface area contributed by atoms with E-state index in [1.807, 2.05) is 0 Å². The number of benzene rings is 4. The zero-order valence-electron chi connectivity index (χ0n) is 21.2. The summed E-state index contributed by atoms with van der Waals surface area (Å²) < 4.78 is 0. The van der Waals surface area contributed by atoms with E-state index in [0.29, 0.717) is 30.1 Å². The summed E-state index contributed by atoms with van der Waals surface area (Å²) in [5.74, 6) is 0.599. The lowest BCUT2D eigenvalue weighted by atomic mass is 9.81. The van der Waals surface area contributed by atoms with E-state index in [-0.39, 0.29) is 0 Å². The minimum absolute atomic E-state index is 0.384. The highest BCUT2D eigenvalue weighted by atomic mass is 15.3. The third-order valence-electron chi connectivity index (χ3n) is 8.97. The van der Waals surface area contributed by atoms with E-state index in [0.717, 1.165) is 0 Å². The molecule has 2 heteroatoms. The Kier molecular flexibility index (Phi) is 5.16. The van der Waals surface area contributed by atoms with Crippen LogP contribution in [-0.2, 0) is 0 Å². The smallest absolute Gasteiger partial charge is 0.0617 e. The molecule has 0 spiro atoms. The first-order valence-corrected chi connectivity index (χ1v) is 13.5. The predicted molar refractivity (Wildman–Crippen MR) is 150 cm³/mol. The van der Waals surface area contributed by atoms with Gasteiger partial charge in [0, 0.05) is 23.3 Å². The Labute approximate surface area is 215 Å². The second-order valence-electron chi connectivity index (χ2n) is 11.1. The first-order chi connectivity index (χ1) is 17.7. The Morgan fingerprint density at radius 3 is 1.89 bits per heavy atom. The maximum atomic E-state index is 2.81. The Morgan fingerprint density at radius 2 is 1.19 bits per heavy atom. The van der Waals surface area contributed by atoms with Gasteiger partial charge in [0.05, 0.1) is 18.1 Å². The highest BCUT2D eigenvalue weighted by Gasteiger charge is 2.54. The average molecular weight is 471 g/mol. The summed E-state index contributed by atoms with van der Waals surface area (Å²) >= 11 is 0. The van der Waals surface area contributed by atoms with E-state index in [1.165, 1.54) is 58.5 Å². The van der Waals surface area contributed by atoms with Crippen molar-refractivity contribution < 1.29 is 0 Å². The highest BCUT2D eigenvalue weighted by molar-refractivity contribution is 5.66. The van der Waals surface area contributed by atoms with Crippen molar-refractivity contribution in [2.24, 2.45) is 5.92 Å². The van der Waals surface area contributed by atoms with Crippen LogP contribution in [0.5, 0.6) is 0 Å². The molecule has 0 N–H and O–H groups in total. The number of hydrogen-bond acceptors (Lipinski definition) is 2. The molecule has 2 saturated heterocycles. The molecule has 0 amide bonds. The molecule has 2 nitrogen and oxygen atoms in total. The van der Waals surface area contributed by atoms with Gasteiger partial charge in [-0.15, -0.1) is 0 Å². The Morgan fingerprint density at radius 1 is 0.583 bits per heavy atom. The third kappa shape index (κ3) is 3.38. The fraction of sp³-hybridized carbons (Fsp3) is 0.294. The van der Waals surface area contributed by atoms with Crippen molar-refractivity contribution >= 4 is 11.4 Å². The zero-order chi connectivity index (χ0) is 24.2. The second kappa shape index (κ2) is 8.55. The summed E-state index contributed by atoms with van der Waals surface area (Å²) in [6.45, 7) is 4.37. The first-order valence-electron chi connectivity index (χ1n) is 13.5. The van der Waals surface area contributed by atoms with Gasteiger partial charge in [0.25, 0.3) is 0 Å². The van der Waals surface area contributed by atoms with Crippen LogP contribution in [0.2, 0.25) is 0 Å². The van der Waals surface area contributed by atoms with E-state index < -0.39 is 0 Å². The molecule has 0 saturated carbocycles. The van der Waals surface area contributed by atoms with E-state index in [9.17, 15) is 0 Å². The average Bonchev–Trinajstić information content (AvgIpc) is 3.53. The van der Waals surface area contributed by atoms with Crippen LogP contribution in [0.25, 0.3) is 0 Å². The molecule has 0 aliphatic carbocycles. The van der Waals surface area contributed by atoms with Gasteiger partial charge >= 0.3 is 0 Å². The Hall–Kier alpha value is -3.52. The van der Waals surface area contributed by atoms with Gasteiger partial charge < -0.3 is 9.80 Å². The summed E-state index contributed by atoms with van der Waals surface area (Å²) in [7, 11) is 0. The maximum Gasteiger partial charge on any atom is 0.0617 e. The van der Waals surface area contributed by atoms with Crippen LogP contribution >= 0.6 is 0 Å². The number of anilines is 2. The van der Waals surface area contributed by atoms with E-state index in [1.54, 1.807) is 0 Å². The van der Waals surface area contributed by atoms with Gasteiger partial charge in [0.1, 0.15) is 0 Å². The number of rotatable bonds is 3. The molecule has 2 fully saturated rings. The van der Waals surface area contributed by atoms with E-state index in [4.69, 9.17) is 0 Å². The van der Waals surface area contributed by atoms with Gasteiger partial charge in [-0.3, -0.25) is 0 Å². The molecule has 3 aliphatic rings. The van der Waals surface area contributed by atoms with Crippen molar-refractivity contribution in [2.45, 2.75) is 57.3 Å². The number of aryl methyl sites for hydroxylation is 2. The standard InChI is InChI=1S/C34H34N2/c1-23-12-16-25(17-13-23)30-20-21-32-29-22-33(26-18-14-24(2)15-19-26)35(27-8-4-3-5-9-27)34(29)28-10-6-7-11-31(28)36(30)32/h3-19,29-30,32-34H,20-22H2,1-2H3/t29-,30+,32+,33-,34+/m0/s1. The van der Waals surface area contributed by atoms with E-state index >= 15 is 0 Å². The van der Waals surface area contributed by atoms with Crippen LogP contribution in [0, 0.1) is 19.8 Å². The van der Waals surface area contributed by atoms with Crippen molar-refractivity contribution in [1.82, 2.24) is 0 Å². The van der Waals surface area contributed by atoms with Gasteiger partial charge in [-0.25, -0.2) is 0 Å². The van der Waals surface area contributed by atoms with Gasteiger partial charge in [0.2, 0.25) is 0 Å². The van der Waals surface area contributed by atoms with Crippen LogP contribution in [-0.4, -0.2) is 6.04 Å². The zero-order valence-corrected chi connectivity index (χ0v) is 21.2. The van der Waals surface area contributed by atoms with Crippen molar-refractivity contribution in [3.8, 4) is 0 Å². The SMILES string of the molecule is Cc1ccc([C@H]2CC[C@@H]3[C@@H]4C[C@@H](c5ccc(C)cc5)N(c5ccccc5)[C@@H]4c4ccccc4N23)cc1. The second-order valence-corrected chi connectivity index (χ2v) is 11.1. The largest absolute Gasteiger partial charge is 0.361 e. The molecule has 0 unspecified atom stereocenters. The first kappa shape index (κ1) is 21.7. The van der Waals surface area contributed by atoms with Crippen LogP contribution in [0.15, 0.2) is 103 Å². The minimum Gasteiger partial charge on any atom is -0.361 e. The number of fused-ring (bicyclic) bond motifs is 6. The fourth-order valence-electron chi connectivity index (χ4n) is 7.37. The van der Waals surface area contributed by atoms with Crippen LogP contribution in [0.4, 0.5) is 11.4 Å². The molecule has 180 valence electrons. The molecule has 7 rings (SSSR count). The molecular weight excluding hydrogens is 436 g/mol.